The topological polar surface area (TPSA) is 32.3 Å². The minimum Gasteiger partial charge on any atom is -0.359 e. The van der Waals surface area contributed by atoms with E-state index in [2.05, 4.69) is 22.3 Å². The van der Waals surface area contributed by atoms with Crippen LogP contribution in [0.4, 0.5) is 10.1 Å². The molecule has 0 fully saturated rings. The number of para-hydroxylation sites is 1. The summed E-state index contributed by atoms with van der Waals surface area (Å²) in [5.74, 6) is -0.228. The molecule has 1 atom stereocenters. The van der Waals surface area contributed by atoms with Crippen LogP contribution in [-0.2, 0) is 17.6 Å². The van der Waals surface area contributed by atoms with Crippen molar-refractivity contribution in [2.24, 2.45) is 0 Å². The van der Waals surface area contributed by atoms with E-state index < -0.39 is 0 Å². The summed E-state index contributed by atoms with van der Waals surface area (Å²) in [7, 11) is 0. The molecule has 23 heavy (non-hydrogen) atoms. The van der Waals surface area contributed by atoms with Gasteiger partial charge < -0.3 is 10.2 Å². The quantitative estimate of drug-likeness (QED) is 0.920. The van der Waals surface area contributed by atoms with Gasteiger partial charge >= 0.3 is 0 Å². The van der Waals surface area contributed by atoms with Gasteiger partial charge in [0.05, 0.1) is 0 Å². The zero-order valence-corrected chi connectivity index (χ0v) is 13.3. The second kappa shape index (κ2) is 6.82. The lowest BCUT2D eigenvalue weighted by atomic mass is 10.1. The number of nitrogens with one attached hydrogen (secondary N) is 1. The molecule has 0 radical (unpaired) electrons. The van der Waals surface area contributed by atoms with Crippen LogP contribution in [0, 0.1) is 5.82 Å². The molecule has 0 saturated carbocycles. The molecule has 1 amide bonds. The summed E-state index contributed by atoms with van der Waals surface area (Å²) in [5, 5.41) is 2.96. The van der Waals surface area contributed by atoms with Crippen LogP contribution in [0.3, 0.4) is 0 Å². The van der Waals surface area contributed by atoms with Crippen molar-refractivity contribution in [1.29, 1.82) is 0 Å². The summed E-state index contributed by atoms with van der Waals surface area (Å²) in [6.07, 6.45) is 1.61. The molecule has 2 aromatic carbocycles. The second-order valence-electron chi connectivity index (χ2n) is 5.92. The molecule has 4 heteroatoms. The van der Waals surface area contributed by atoms with Gasteiger partial charge in [0.1, 0.15) is 11.9 Å². The van der Waals surface area contributed by atoms with E-state index in [0.29, 0.717) is 13.0 Å². The van der Waals surface area contributed by atoms with Gasteiger partial charge in [-0.15, -0.1) is 0 Å². The normalized spacial score (nSPS) is 14.4. The first-order chi connectivity index (χ1) is 11.1. The smallest absolute Gasteiger partial charge is 0.242 e. The van der Waals surface area contributed by atoms with Crippen molar-refractivity contribution in [3.8, 4) is 0 Å². The van der Waals surface area contributed by atoms with E-state index in [1.54, 1.807) is 6.07 Å². The van der Waals surface area contributed by atoms with Crippen LogP contribution < -0.4 is 10.2 Å². The fourth-order valence-electron chi connectivity index (χ4n) is 3.08. The molecule has 3 nitrogen and oxygen atoms in total. The van der Waals surface area contributed by atoms with Gasteiger partial charge in [0.2, 0.25) is 5.91 Å². The Balaban J connectivity index is 1.54. The molecule has 0 unspecified atom stereocenters. The van der Waals surface area contributed by atoms with E-state index in [0.717, 1.165) is 24.2 Å². The summed E-state index contributed by atoms with van der Waals surface area (Å²) < 4.78 is 13.1. The molecule has 0 bridgehead atoms. The largest absolute Gasteiger partial charge is 0.359 e. The van der Waals surface area contributed by atoms with Crippen LogP contribution in [-0.4, -0.2) is 25.0 Å². The zero-order chi connectivity index (χ0) is 16.2. The number of amides is 1. The Hall–Kier alpha value is -2.36. The Kier molecular flexibility index (Phi) is 4.60. The van der Waals surface area contributed by atoms with Crippen molar-refractivity contribution in [1.82, 2.24) is 5.32 Å². The Morgan fingerprint density at radius 3 is 2.91 bits per heavy atom. The Morgan fingerprint density at radius 2 is 2.09 bits per heavy atom. The number of fused-ring (bicyclic) bond motifs is 1. The number of hydrogen-bond donors (Lipinski definition) is 1. The molecule has 1 aliphatic heterocycles. The fraction of sp³-hybridized carbons (Fsp3) is 0.316. The van der Waals surface area contributed by atoms with Crippen LogP contribution in [0.2, 0.25) is 0 Å². The van der Waals surface area contributed by atoms with Crippen LogP contribution in [0.5, 0.6) is 0 Å². The zero-order valence-electron chi connectivity index (χ0n) is 13.3. The van der Waals surface area contributed by atoms with Gasteiger partial charge in [0.25, 0.3) is 0 Å². The van der Waals surface area contributed by atoms with Crippen LogP contribution in [0.15, 0.2) is 48.5 Å². The highest BCUT2D eigenvalue weighted by molar-refractivity contribution is 5.85. The second-order valence-corrected chi connectivity index (χ2v) is 5.92. The average Bonchev–Trinajstić information content (AvgIpc) is 2.98. The lowest BCUT2D eigenvalue weighted by Gasteiger charge is -2.26. The van der Waals surface area contributed by atoms with E-state index in [1.807, 2.05) is 25.1 Å². The van der Waals surface area contributed by atoms with E-state index in [4.69, 9.17) is 0 Å². The number of hydrogen-bond acceptors (Lipinski definition) is 2. The first-order valence-electron chi connectivity index (χ1n) is 8.02. The first-order valence-corrected chi connectivity index (χ1v) is 8.02. The number of benzene rings is 2. The number of anilines is 1. The average molecular weight is 312 g/mol. The van der Waals surface area contributed by atoms with Gasteiger partial charge in [0.15, 0.2) is 0 Å². The van der Waals surface area contributed by atoms with Crippen LogP contribution >= 0.6 is 0 Å². The van der Waals surface area contributed by atoms with Crippen molar-refractivity contribution >= 4 is 11.6 Å². The minimum atomic E-state index is -0.240. The van der Waals surface area contributed by atoms with E-state index >= 15 is 0 Å². The molecule has 3 rings (SSSR count). The maximum absolute atomic E-state index is 13.1. The summed E-state index contributed by atoms with van der Waals surface area (Å²) >= 11 is 0. The monoisotopic (exact) mass is 312 g/mol. The molecule has 0 aromatic heterocycles. The molecular weight excluding hydrogens is 291 g/mol. The lowest BCUT2D eigenvalue weighted by molar-refractivity contribution is -0.122. The highest BCUT2D eigenvalue weighted by atomic mass is 19.1. The predicted octanol–water partition coefficient (Wildman–Crippen LogP) is 2.94. The Morgan fingerprint density at radius 1 is 1.26 bits per heavy atom. The maximum atomic E-state index is 13.1. The van der Waals surface area contributed by atoms with Gasteiger partial charge in [-0.05, 0) is 49.1 Å². The highest BCUT2D eigenvalue weighted by Crippen LogP contribution is 2.29. The first kappa shape index (κ1) is 15.5. The van der Waals surface area contributed by atoms with E-state index in [9.17, 15) is 9.18 Å². The van der Waals surface area contributed by atoms with Gasteiger partial charge in [-0.25, -0.2) is 4.39 Å². The molecule has 1 aliphatic rings. The number of carbonyl (C=O) groups excluding carboxylic acids is 1. The molecule has 1 heterocycles. The molecule has 120 valence electrons. The molecule has 0 spiro atoms. The van der Waals surface area contributed by atoms with Crippen molar-refractivity contribution in [3.05, 3.63) is 65.5 Å². The highest BCUT2D eigenvalue weighted by Gasteiger charge is 2.26. The third-order valence-electron chi connectivity index (χ3n) is 4.37. The van der Waals surface area contributed by atoms with Crippen molar-refractivity contribution in [3.63, 3.8) is 0 Å². The van der Waals surface area contributed by atoms with Gasteiger partial charge in [-0.2, -0.15) is 0 Å². The van der Waals surface area contributed by atoms with E-state index in [1.165, 1.54) is 17.7 Å². The van der Waals surface area contributed by atoms with Crippen molar-refractivity contribution in [2.45, 2.75) is 25.8 Å². The number of halogens is 1. The summed E-state index contributed by atoms with van der Waals surface area (Å²) in [4.78, 5) is 14.5. The van der Waals surface area contributed by atoms with Crippen LogP contribution in [0.1, 0.15) is 18.1 Å². The molecule has 2 aromatic rings. The standard InChI is InChI=1S/C19H21FN2O/c1-14(22-12-10-16-6-2-3-8-18(16)22)19(23)21-11-9-15-5-4-7-17(20)13-15/h2-8,13-14H,9-12H2,1H3,(H,21,23)/t14-/m0/s1. The number of nitrogens with zero attached hydrogens (tertiary/aromatic N) is 1. The van der Waals surface area contributed by atoms with E-state index in [-0.39, 0.29) is 17.8 Å². The Labute approximate surface area is 136 Å². The minimum absolute atomic E-state index is 0.0121. The molecule has 1 N–H and O–H groups in total. The molecule has 0 saturated heterocycles. The van der Waals surface area contributed by atoms with Crippen LogP contribution in [0.25, 0.3) is 0 Å². The third-order valence-corrected chi connectivity index (χ3v) is 4.37. The fourth-order valence-corrected chi connectivity index (χ4v) is 3.08. The third kappa shape index (κ3) is 3.52. The van der Waals surface area contributed by atoms with Crippen molar-refractivity contribution < 1.29 is 9.18 Å². The van der Waals surface area contributed by atoms with Crippen molar-refractivity contribution in [2.75, 3.05) is 18.0 Å². The lowest BCUT2D eigenvalue weighted by Crippen LogP contribution is -2.45. The number of carbonyl (C=O) groups is 1. The number of rotatable bonds is 5. The molecule has 0 aliphatic carbocycles. The maximum Gasteiger partial charge on any atom is 0.242 e. The van der Waals surface area contributed by atoms with Gasteiger partial charge in [-0.1, -0.05) is 30.3 Å². The summed E-state index contributed by atoms with van der Waals surface area (Å²) in [5.41, 5.74) is 3.34. The SMILES string of the molecule is C[C@@H](C(=O)NCCc1cccc(F)c1)N1CCc2ccccc21. The summed E-state index contributed by atoms with van der Waals surface area (Å²) in [6, 6.07) is 14.5. The molecular formula is C19H21FN2O. The summed E-state index contributed by atoms with van der Waals surface area (Å²) in [6.45, 7) is 3.32. The van der Waals surface area contributed by atoms with Gasteiger partial charge in [-0.3, -0.25) is 4.79 Å². The predicted molar refractivity (Wildman–Crippen MR) is 90.1 cm³/mol. The Bertz CT molecular complexity index is 701. The van der Waals surface area contributed by atoms with Gasteiger partial charge in [0, 0.05) is 18.8 Å².